The third-order valence-corrected chi connectivity index (χ3v) is 5.28. The Hall–Kier alpha value is -3.17. The number of carbonyl (C=O) groups is 1. The fourth-order valence-electron chi connectivity index (χ4n) is 3.89. The Bertz CT molecular complexity index is 1100. The first-order chi connectivity index (χ1) is 14.5. The average molecular weight is 402 g/mol. The molecule has 0 aliphatic carbocycles. The van der Waals surface area contributed by atoms with Gasteiger partial charge in [-0.15, -0.1) is 0 Å². The highest BCUT2D eigenvalue weighted by atomic mass is 16.5. The summed E-state index contributed by atoms with van der Waals surface area (Å²) in [5, 5.41) is 18.2. The summed E-state index contributed by atoms with van der Waals surface area (Å²) in [5.41, 5.74) is 3.97. The molecule has 154 valence electrons. The molecule has 1 atom stereocenters. The van der Waals surface area contributed by atoms with Crippen molar-refractivity contribution in [2.45, 2.75) is 45.8 Å². The van der Waals surface area contributed by atoms with E-state index < -0.39 is 0 Å². The minimum Gasteiger partial charge on any atom is -0.356 e. The summed E-state index contributed by atoms with van der Waals surface area (Å²) >= 11 is 0. The molecule has 1 aromatic heterocycles. The molecule has 1 unspecified atom stereocenters. The van der Waals surface area contributed by atoms with Gasteiger partial charge in [-0.25, -0.2) is 4.68 Å². The van der Waals surface area contributed by atoms with Gasteiger partial charge in [0, 0.05) is 29.7 Å². The Kier molecular flexibility index (Phi) is 5.82. The lowest BCUT2D eigenvalue weighted by Gasteiger charge is -2.23. The second kappa shape index (κ2) is 8.68. The van der Waals surface area contributed by atoms with Crippen LogP contribution in [0.3, 0.4) is 0 Å². The maximum Gasteiger partial charge on any atom is 0.224 e. The second-order valence-corrected chi connectivity index (χ2v) is 8.19. The number of nitriles is 1. The van der Waals surface area contributed by atoms with Gasteiger partial charge in [0.2, 0.25) is 5.91 Å². The van der Waals surface area contributed by atoms with Crippen LogP contribution >= 0.6 is 0 Å². The van der Waals surface area contributed by atoms with E-state index in [-0.39, 0.29) is 12.1 Å². The number of anilines is 1. The smallest absolute Gasteiger partial charge is 0.224 e. The van der Waals surface area contributed by atoms with Crippen LogP contribution in [0.4, 0.5) is 5.69 Å². The van der Waals surface area contributed by atoms with Crippen molar-refractivity contribution in [2.24, 2.45) is 5.92 Å². The maximum atomic E-state index is 12.2. The summed E-state index contributed by atoms with van der Waals surface area (Å²) < 4.78 is 7.91. The molecule has 1 aliphatic rings. The Balaban J connectivity index is 1.75. The molecule has 0 radical (unpaired) electrons. The van der Waals surface area contributed by atoms with Crippen molar-refractivity contribution >= 4 is 22.5 Å². The molecule has 1 saturated heterocycles. The number of carbonyl (C=O) groups excluding carboxylic acids is 1. The average Bonchev–Trinajstić information content (AvgIpc) is 3.12. The summed E-state index contributed by atoms with van der Waals surface area (Å²) in [5.74, 6) is 0.299. The lowest BCUT2D eigenvalue weighted by molar-refractivity contribution is -0.116. The fraction of sp³-hybridized carbons (Fsp3) is 0.375. The fourth-order valence-corrected chi connectivity index (χ4v) is 3.89. The minimum absolute atomic E-state index is 0.0000836. The van der Waals surface area contributed by atoms with Crippen molar-refractivity contribution in [2.75, 3.05) is 11.9 Å². The van der Waals surface area contributed by atoms with Crippen molar-refractivity contribution in [3.8, 4) is 17.3 Å². The molecule has 6 heteroatoms. The van der Waals surface area contributed by atoms with E-state index >= 15 is 0 Å². The van der Waals surface area contributed by atoms with Gasteiger partial charge in [0.15, 0.2) is 6.23 Å². The van der Waals surface area contributed by atoms with Gasteiger partial charge in [-0.2, -0.15) is 10.4 Å². The number of aromatic nitrogens is 2. The Morgan fingerprint density at radius 1 is 1.30 bits per heavy atom. The molecule has 1 aliphatic heterocycles. The van der Waals surface area contributed by atoms with Crippen molar-refractivity contribution in [3.63, 3.8) is 0 Å². The number of hydrogen-bond acceptors (Lipinski definition) is 4. The highest BCUT2D eigenvalue weighted by Crippen LogP contribution is 2.34. The van der Waals surface area contributed by atoms with E-state index in [4.69, 9.17) is 9.84 Å². The van der Waals surface area contributed by atoms with Gasteiger partial charge in [0.25, 0.3) is 0 Å². The summed E-state index contributed by atoms with van der Waals surface area (Å²) in [4.78, 5) is 12.2. The monoisotopic (exact) mass is 402 g/mol. The first-order valence-electron chi connectivity index (χ1n) is 10.5. The van der Waals surface area contributed by atoms with Crippen molar-refractivity contribution in [3.05, 3.63) is 48.0 Å². The van der Waals surface area contributed by atoms with Crippen LogP contribution < -0.4 is 5.32 Å². The summed E-state index contributed by atoms with van der Waals surface area (Å²) in [7, 11) is 0. The molecular formula is C24H26N4O2. The molecule has 0 bridgehead atoms. The van der Waals surface area contributed by atoms with E-state index in [1.165, 1.54) is 0 Å². The molecule has 1 N–H and O–H groups in total. The third kappa shape index (κ3) is 4.22. The third-order valence-electron chi connectivity index (χ3n) is 5.28. The largest absolute Gasteiger partial charge is 0.356 e. The number of ether oxygens (including phenoxy) is 1. The van der Waals surface area contributed by atoms with Crippen molar-refractivity contribution in [1.82, 2.24) is 9.78 Å². The summed E-state index contributed by atoms with van der Waals surface area (Å²) in [6, 6.07) is 15.6. The van der Waals surface area contributed by atoms with Crippen LogP contribution in [0, 0.1) is 17.2 Å². The second-order valence-electron chi connectivity index (χ2n) is 8.19. The van der Waals surface area contributed by atoms with Crippen LogP contribution in [0.2, 0.25) is 0 Å². The van der Waals surface area contributed by atoms with Gasteiger partial charge in [0.05, 0.1) is 17.1 Å². The predicted octanol–water partition coefficient (Wildman–Crippen LogP) is 5.26. The SMILES string of the molecule is CC(C)CC(=O)Nc1cccc(-c2nn(C3CCCCO3)c3ccc(C#N)cc23)c1. The highest BCUT2D eigenvalue weighted by molar-refractivity contribution is 5.96. The van der Waals surface area contributed by atoms with Crippen molar-refractivity contribution in [1.29, 1.82) is 5.26 Å². The zero-order valence-corrected chi connectivity index (χ0v) is 17.4. The number of amides is 1. The highest BCUT2D eigenvalue weighted by Gasteiger charge is 2.22. The number of nitrogens with zero attached hydrogens (tertiary/aromatic N) is 3. The van der Waals surface area contributed by atoms with Crippen LogP contribution in [0.5, 0.6) is 0 Å². The van der Waals surface area contributed by atoms with Crippen molar-refractivity contribution < 1.29 is 9.53 Å². The molecule has 1 fully saturated rings. The number of nitrogens with one attached hydrogen (secondary N) is 1. The molecule has 3 aromatic rings. The molecule has 4 rings (SSSR count). The van der Waals surface area contributed by atoms with E-state index in [0.29, 0.717) is 17.9 Å². The molecular weight excluding hydrogens is 376 g/mol. The topological polar surface area (TPSA) is 79.9 Å². The molecule has 0 saturated carbocycles. The molecule has 2 aromatic carbocycles. The van der Waals surface area contributed by atoms with E-state index in [1.54, 1.807) is 0 Å². The molecule has 0 spiro atoms. The van der Waals surface area contributed by atoms with Gasteiger partial charge in [-0.1, -0.05) is 26.0 Å². The summed E-state index contributed by atoms with van der Waals surface area (Å²) in [6.07, 6.45) is 3.47. The standard InChI is InChI=1S/C24H26N4O2/c1-16(2)12-22(29)26-19-7-5-6-18(14-19)24-20-13-17(15-25)9-10-21(20)28(27-24)23-8-3-4-11-30-23/h5-7,9-10,13-14,16,23H,3-4,8,11-12H2,1-2H3,(H,26,29). The lowest BCUT2D eigenvalue weighted by Crippen LogP contribution is -2.19. The number of hydrogen-bond donors (Lipinski definition) is 1. The molecule has 1 amide bonds. The van der Waals surface area contributed by atoms with Crippen LogP contribution in [-0.4, -0.2) is 22.3 Å². The Morgan fingerprint density at radius 2 is 2.17 bits per heavy atom. The normalized spacial score (nSPS) is 16.5. The Labute approximate surface area is 176 Å². The molecule has 30 heavy (non-hydrogen) atoms. The summed E-state index contributed by atoms with van der Waals surface area (Å²) in [6.45, 7) is 4.78. The van der Waals surface area contributed by atoms with E-state index in [1.807, 2.05) is 61.0 Å². The first-order valence-corrected chi connectivity index (χ1v) is 10.5. The Morgan fingerprint density at radius 3 is 2.90 bits per heavy atom. The van der Waals surface area contributed by atoms with Crippen LogP contribution in [0.1, 0.15) is 51.3 Å². The van der Waals surface area contributed by atoms with E-state index in [9.17, 15) is 10.1 Å². The van der Waals surface area contributed by atoms with Gasteiger partial charge < -0.3 is 10.1 Å². The van der Waals surface area contributed by atoms with Gasteiger partial charge in [-0.05, 0) is 55.5 Å². The van der Waals surface area contributed by atoms with Crippen LogP contribution in [0.25, 0.3) is 22.2 Å². The van der Waals surface area contributed by atoms with E-state index in [2.05, 4.69) is 11.4 Å². The first kappa shape index (κ1) is 20.1. The predicted molar refractivity (Wildman–Crippen MR) is 117 cm³/mol. The quantitative estimate of drug-likeness (QED) is 0.631. The van der Waals surface area contributed by atoms with E-state index in [0.717, 1.165) is 53.7 Å². The van der Waals surface area contributed by atoms with Gasteiger partial charge in [0.1, 0.15) is 5.69 Å². The van der Waals surface area contributed by atoms with Crippen LogP contribution in [0.15, 0.2) is 42.5 Å². The number of fused-ring (bicyclic) bond motifs is 1. The number of benzene rings is 2. The van der Waals surface area contributed by atoms with Gasteiger partial charge in [-0.3, -0.25) is 4.79 Å². The number of rotatable bonds is 5. The molecule has 6 nitrogen and oxygen atoms in total. The zero-order chi connectivity index (χ0) is 21.1. The maximum absolute atomic E-state index is 12.2. The zero-order valence-electron chi connectivity index (χ0n) is 17.4. The van der Waals surface area contributed by atoms with Gasteiger partial charge >= 0.3 is 0 Å². The molecule has 2 heterocycles. The van der Waals surface area contributed by atoms with Crippen LogP contribution in [-0.2, 0) is 9.53 Å². The lowest BCUT2D eigenvalue weighted by atomic mass is 10.0. The minimum atomic E-state index is -0.100.